The molecule has 1 aromatic carbocycles. The highest BCUT2D eigenvalue weighted by Gasteiger charge is 2.32. The number of ether oxygens (including phenoxy) is 2. The molecule has 25 heavy (non-hydrogen) atoms. The van der Waals surface area contributed by atoms with Crippen LogP contribution in [-0.4, -0.2) is 17.9 Å². The van der Waals surface area contributed by atoms with E-state index in [2.05, 4.69) is 25.3 Å². The Bertz CT molecular complexity index is 613. The van der Waals surface area contributed by atoms with Crippen LogP contribution >= 0.6 is 0 Å². The summed E-state index contributed by atoms with van der Waals surface area (Å²) in [5.74, 6) is -1.89. The smallest absolute Gasteiger partial charge is 0.423 e. The molecule has 0 aromatic heterocycles. The van der Waals surface area contributed by atoms with Gasteiger partial charge in [0, 0.05) is 19.9 Å². The molecule has 1 aromatic rings. The molecule has 0 radical (unpaired) electrons. The molecule has 0 aliphatic heterocycles. The lowest BCUT2D eigenvalue weighted by Gasteiger charge is -2.28. The minimum atomic E-state index is -1.51. The van der Waals surface area contributed by atoms with Crippen molar-refractivity contribution in [2.75, 3.05) is 0 Å². The predicted molar refractivity (Wildman–Crippen MR) is 92.6 cm³/mol. The molecule has 0 fully saturated rings. The number of benzene rings is 1. The zero-order valence-electron chi connectivity index (χ0n) is 15.6. The van der Waals surface area contributed by atoms with E-state index >= 15 is 0 Å². The Hall–Kier alpha value is -2.34. The summed E-state index contributed by atoms with van der Waals surface area (Å²) in [6.07, 6.45) is -0.0178. The number of rotatable bonds is 7. The topological polar surface area (TPSA) is 71.1 Å². The molecule has 0 aliphatic rings. The van der Waals surface area contributed by atoms with Crippen LogP contribution in [0.4, 0.5) is 4.79 Å². The number of hydrogen-bond donors (Lipinski definition) is 0. The first-order chi connectivity index (χ1) is 11.5. The first-order valence-electron chi connectivity index (χ1n) is 8.01. The normalized spacial score (nSPS) is 11.8. The highest BCUT2D eigenvalue weighted by molar-refractivity contribution is 5.80. The van der Waals surface area contributed by atoms with Gasteiger partial charge in [-0.2, -0.15) is 0 Å². The minimum Gasteiger partial charge on any atom is -0.423 e. The third-order valence-corrected chi connectivity index (χ3v) is 3.43. The van der Waals surface area contributed by atoms with Crippen molar-refractivity contribution in [1.82, 2.24) is 0 Å². The van der Waals surface area contributed by atoms with Crippen LogP contribution in [0.25, 0.3) is 0 Å². The number of carbonyl (C=O) groups excluding carboxylic acids is 2. The maximum absolute atomic E-state index is 12.1. The molecule has 0 amide bonds. The summed E-state index contributed by atoms with van der Waals surface area (Å²) in [5.41, 5.74) is 1.12. The average Bonchev–Trinajstić information content (AvgIpc) is 2.51. The van der Waals surface area contributed by atoms with Crippen LogP contribution in [0, 0.1) is 0 Å². The Labute approximate surface area is 148 Å². The van der Waals surface area contributed by atoms with Gasteiger partial charge in [0.1, 0.15) is 5.60 Å². The predicted octanol–water partition coefficient (Wildman–Crippen LogP) is 4.60. The fourth-order valence-corrected chi connectivity index (χ4v) is 1.95. The second-order valence-electron chi connectivity index (χ2n) is 6.83. The Morgan fingerprint density at radius 2 is 1.60 bits per heavy atom. The fourth-order valence-electron chi connectivity index (χ4n) is 1.95. The van der Waals surface area contributed by atoms with Gasteiger partial charge in [0.15, 0.2) is 0 Å². The molecule has 1 rings (SSSR count). The van der Waals surface area contributed by atoms with E-state index in [0.717, 1.165) is 11.6 Å². The van der Waals surface area contributed by atoms with Crippen molar-refractivity contribution in [3.05, 3.63) is 48.0 Å². The summed E-state index contributed by atoms with van der Waals surface area (Å²) in [6.45, 7) is 13.8. The van der Waals surface area contributed by atoms with E-state index in [4.69, 9.17) is 14.4 Å². The maximum atomic E-state index is 12.1. The van der Waals surface area contributed by atoms with Gasteiger partial charge in [0.2, 0.25) is 0 Å². The van der Waals surface area contributed by atoms with Gasteiger partial charge in [-0.25, -0.2) is 9.59 Å². The van der Waals surface area contributed by atoms with Crippen molar-refractivity contribution in [3.8, 4) is 0 Å². The van der Waals surface area contributed by atoms with Crippen LogP contribution in [0.3, 0.4) is 0 Å². The summed E-state index contributed by atoms with van der Waals surface area (Å²) >= 11 is 0. The molecule has 0 atom stereocenters. The van der Waals surface area contributed by atoms with Crippen molar-refractivity contribution in [1.29, 1.82) is 0 Å². The summed E-state index contributed by atoms with van der Waals surface area (Å²) in [6, 6.07) is 7.82. The molecule has 0 aliphatic carbocycles. The largest absolute Gasteiger partial charge is 0.511 e. The van der Waals surface area contributed by atoms with E-state index in [1.807, 2.05) is 24.3 Å². The van der Waals surface area contributed by atoms with E-state index in [-0.39, 0.29) is 0 Å². The molecule has 0 saturated heterocycles. The van der Waals surface area contributed by atoms with Gasteiger partial charge in [0.05, 0.1) is 0 Å². The molecule has 138 valence electrons. The second kappa shape index (κ2) is 8.16. The van der Waals surface area contributed by atoms with Crippen LogP contribution in [0.5, 0.6) is 0 Å². The highest BCUT2D eigenvalue weighted by atomic mass is 17.2. The molecule has 0 saturated carbocycles. The first kappa shape index (κ1) is 20.7. The van der Waals surface area contributed by atoms with Gasteiger partial charge in [-0.05, 0) is 30.9 Å². The number of hydrogen-bond acceptors (Lipinski definition) is 6. The van der Waals surface area contributed by atoms with E-state index in [1.54, 1.807) is 13.8 Å². The van der Waals surface area contributed by atoms with Crippen LogP contribution in [-0.2, 0) is 29.6 Å². The molecule has 0 heterocycles. The Morgan fingerprint density at radius 1 is 1.04 bits per heavy atom. The SMILES string of the molecule is C=CC(=O)OOC(C)(C)OC(=O)OC(C)(C)c1ccc(C(C)C)cc1. The Morgan fingerprint density at radius 3 is 2.08 bits per heavy atom. The summed E-state index contributed by atoms with van der Waals surface area (Å²) < 4.78 is 10.4. The van der Waals surface area contributed by atoms with Crippen molar-refractivity contribution < 1.29 is 28.8 Å². The second-order valence-corrected chi connectivity index (χ2v) is 6.83. The molecule has 6 nitrogen and oxygen atoms in total. The van der Waals surface area contributed by atoms with E-state index in [9.17, 15) is 9.59 Å². The summed E-state index contributed by atoms with van der Waals surface area (Å²) in [5, 5.41) is 0. The molecule has 0 N–H and O–H groups in total. The molecular weight excluding hydrogens is 324 g/mol. The van der Waals surface area contributed by atoms with E-state index in [1.165, 1.54) is 19.4 Å². The van der Waals surface area contributed by atoms with Gasteiger partial charge >= 0.3 is 12.1 Å². The molecule has 0 spiro atoms. The van der Waals surface area contributed by atoms with Gasteiger partial charge < -0.3 is 9.47 Å². The van der Waals surface area contributed by atoms with E-state index < -0.39 is 23.5 Å². The zero-order chi connectivity index (χ0) is 19.3. The van der Waals surface area contributed by atoms with Crippen LogP contribution in [0.1, 0.15) is 58.6 Å². The summed E-state index contributed by atoms with van der Waals surface area (Å²) in [7, 11) is 0. The van der Waals surface area contributed by atoms with E-state index in [0.29, 0.717) is 5.92 Å². The molecular formula is C19H26O6. The van der Waals surface area contributed by atoms with Gasteiger partial charge in [-0.1, -0.05) is 44.7 Å². The maximum Gasteiger partial charge on any atom is 0.511 e. The molecule has 0 bridgehead atoms. The molecule has 6 heteroatoms. The summed E-state index contributed by atoms with van der Waals surface area (Å²) in [4.78, 5) is 32.2. The standard InChI is InChI=1S/C19H26O6/c1-8-16(20)24-25-19(6,7)23-17(21)22-18(4,5)15-11-9-14(10-12-15)13(2)3/h8-13H,1H2,2-7H3. The minimum absolute atomic E-state index is 0.416. The first-order valence-corrected chi connectivity index (χ1v) is 8.01. The Kier molecular flexibility index (Phi) is 6.76. The van der Waals surface area contributed by atoms with Crippen molar-refractivity contribution in [2.24, 2.45) is 0 Å². The highest BCUT2D eigenvalue weighted by Crippen LogP contribution is 2.28. The van der Waals surface area contributed by atoms with Crippen molar-refractivity contribution >= 4 is 12.1 Å². The van der Waals surface area contributed by atoms with Crippen LogP contribution in [0.2, 0.25) is 0 Å². The Balaban J connectivity index is 2.70. The fraction of sp³-hybridized carbons (Fsp3) is 0.474. The third-order valence-electron chi connectivity index (χ3n) is 3.43. The third kappa shape index (κ3) is 6.58. The zero-order valence-corrected chi connectivity index (χ0v) is 15.6. The average molecular weight is 350 g/mol. The lowest BCUT2D eigenvalue weighted by Crippen LogP contribution is -2.35. The van der Waals surface area contributed by atoms with Crippen molar-refractivity contribution in [2.45, 2.75) is 58.8 Å². The van der Waals surface area contributed by atoms with Crippen molar-refractivity contribution in [3.63, 3.8) is 0 Å². The lowest BCUT2D eigenvalue weighted by molar-refractivity contribution is -0.379. The van der Waals surface area contributed by atoms with Crippen LogP contribution < -0.4 is 0 Å². The van der Waals surface area contributed by atoms with Gasteiger partial charge in [-0.3, -0.25) is 4.89 Å². The quantitative estimate of drug-likeness (QED) is 0.235. The van der Waals surface area contributed by atoms with Gasteiger partial charge in [-0.15, -0.1) is 4.89 Å². The lowest BCUT2D eigenvalue weighted by atomic mass is 9.94. The number of carbonyl (C=O) groups is 2. The van der Waals surface area contributed by atoms with Crippen LogP contribution in [0.15, 0.2) is 36.9 Å². The molecule has 0 unspecified atom stereocenters. The monoisotopic (exact) mass is 350 g/mol. The van der Waals surface area contributed by atoms with Gasteiger partial charge in [0.25, 0.3) is 5.79 Å².